The Morgan fingerprint density at radius 2 is 2.07 bits per heavy atom. The molecule has 0 saturated carbocycles. The van der Waals surface area contributed by atoms with Crippen molar-refractivity contribution in [3.63, 3.8) is 0 Å². The van der Waals surface area contributed by atoms with E-state index in [-0.39, 0.29) is 0 Å². The maximum absolute atomic E-state index is 4.37. The highest BCUT2D eigenvalue weighted by Crippen LogP contribution is 2.18. The first-order chi connectivity index (χ1) is 7.25. The fraction of sp³-hybridized carbons (Fsp3) is 0.357. The van der Waals surface area contributed by atoms with E-state index in [9.17, 15) is 0 Å². The van der Waals surface area contributed by atoms with Crippen LogP contribution >= 0.6 is 0 Å². The van der Waals surface area contributed by atoms with Crippen LogP contribution in [0.25, 0.3) is 0 Å². The summed E-state index contributed by atoms with van der Waals surface area (Å²) in [7, 11) is 0. The molecule has 1 aliphatic rings. The van der Waals surface area contributed by atoms with Crippen LogP contribution in [0.3, 0.4) is 0 Å². The highest BCUT2D eigenvalue weighted by atomic mass is 14.7. The smallest absolute Gasteiger partial charge is 0.0447 e. The summed E-state index contributed by atoms with van der Waals surface area (Å²) in [5, 5.41) is 0. The van der Waals surface area contributed by atoms with Crippen molar-refractivity contribution >= 4 is 6.21 Å². The number of allylic oxidation sites excluding steroid dienone is 8. The molecule has 0 aromatic rings. The zero-order chi connectivity index (χ0) is 11.1. The minimum Gasteiger partial charge on any atom is -0.261 e. The maximum atomic E-state index is 4.37. The monoisotopic (exact) mass is 201 g/mol. The van der Waals surface area contributed by atoms with Crippen molar-refractivity contribution < 1.29 is 0 Å². The molecular formula is C14H19N. The number of hydrogen-bond acceptors (Lipinski definition) is 1. The molecule has 0 unspecified atom stereocenters. The van der Waals surface area contributed by atoms with Gasteiger partial charge >= 0.3 is 0 Å². The van der Waals surface area contributed by atoms with Crippen LogP contribution in [0.5, 0.6) is 0 Å². The van der Waals surface area contributed by atoms with E-state index < -0.39 is 0 Å². The molecule has 1 aliphatic heterocycles. The summed E-state index contributed by atoms with van der Waals surface area (Å²) in [6.07, 6.45) is 14.7. The summed E-state index contributed by atoms with van der Waals surface area (Å²) >= 11 is 0. The standard InChI is InChI=1S/C14H19N/c1-4-5-6-10-14-12(2)9-7-8-11-15-13(14)3/h6-11H,4-5H2,1-3H3/b8-7+,9-7?,10-6-,11-8?,12-9+,14-12?,14-13-,15-11-,15-13?. The second kappa shape index (κ2) is 6.18. The molecule has 1 rings (SSSR count). The van der Waals surface area contributed by atoms with Crippen LogP contribution < -0.4 is 0 Å². The lowest BCUT2D eigenvalue weighted by molar-refractivity contribution is 0.957. The van der Waals surface area contributed by atoms with Gasteiger partial charge in [-0.05, 0) is 37.5 Å². The van der Waals surface area contributed by atoms with Crippen LogP contribution in [0.1, 0.15) is 33.6 Å². The van der Waals surface area contributed by atoms with Gasteiger partial charge in [-0.1, -0.05) is 37.6 Å². The maximum Gasteiger partial charge on any atom is 0.0447 e. The first-order valence-corrected chi connectivity index (χ1v) is 5.51. The number of hydrogen-bond donors (Lipinski definition) is 0. The fourth-order valence-corrected chi connectivity index (χ4v) is 1.47. The lowest BCUT2D eigenvalue weighted by Crippen LogP contribution is -1.88. The lowest BCUT2D eigenvalue weighted by atomic mass is 10.0. The highest BCUT2D eigenvalue weighted by molar-refractivity contribution is 5.73. The van der Waals surface area contributed by atoms with Crippen molar-refractivity contribution in [3.8, 4) is 0 Å². The molecule has 0 N–H and O–H groups in total. The van der Waals surface area contributed by atoms with E-state index in [1.165, 1.54) is 17.6 Å². The van der Waals surface area contributed by atoms with Crippen LogP contribution in [-0.4, -0.2) is 6.21 Å². The van der Waals surface area contributed by atoms with Crippen LogP contribution in [0.15, 0.2) is 52.2 Å². The molecule has 0 aromatic carbocycles. The lowest BCUT2D eigenvalue weighted by Gasteiger charge is -2.06. The summed E-state index contributed by atoms with van der Waals surface area (Å²) in [5.41, 5.74) is 3.59. The van der Waals surface area contributed by atoms with Crippen LogP contribution in [0.4, 0.5) is 0 Å². The molecule has 1 heterocycles. The Bertz CT molecular complexity index is 352. The Morgan fingerprint density at radius 3 is 2.80 bits per heavy atom. The third kappa shape index (κ3) is 3.70. The summed E-state index contributed by atoms with van der Waals surface area (Å²) in [6, 6.07) is 0. The topological polar surface area (TPSA) is 12.4 Å². The summed E-state index contributed by atoms with van der Waals surface area (Å²) in [6.45, 7) is 6.37. The van der Waals surface area contributed by atoms with Gasteiger partial charge in [0.25, 0.3) is 0 Å². The minimum absolute atomic E-state index is 1.08. The Kier molecular flexibility index (Phi) is 4.82. The SMILES string of the molecule is CCC\C=C/C1=C(C)/N=C\C=C\C=C\1C. The molecule has 0 bridgehead atoms. The van der Waals surface area contributed by atoms with Gasteiger partial charge in [0.15, 0.2) is 0 Å². The van der Waals surface area contributed by atoms with Crippen LogP contribution in [0, 0.1) is 0 Å². The molecule has 0 aliphatic carbocycles. The fourth-order valence-electron chi connectivity index (χ4n) is 1.47. The zero-order valence-corrected chi connectivity index (χ0v) is 9.83. The van der Waals surface area contributed by atoms with E-state index in [2.05, 4.69) is 44.0 Å². The molecule has 0 saturated heterocycles. The summed E-state index contributed by atoms with van der Waals surface area (Å²) in [4.78, 5) is 4.37. The highest BCUT2D eigenvalue weighted by Gasteiger charge is 2.00. The molecule has 15 heavy (non-hydrogen) atoms. The Hall–Kier alpha value is -1.37. The Labute approximate surface area is 92.6 Å². The first kappa shape index (κ1) is 11.7. The number of unbranched alkanes of at least 4 members (excludes halogenated alkanes) is 1. The molecule has 80 valence electrons. The average molecular weight is 201 g/mol. The second-order valence-corrected chi connectivity index (χ2v) is 3.70. The molecule has 1 nitrogen and oxygen atoms in total. The molecule has 0 fully saturated rings. The van der Waals surface area contributed by atoms with Gasteiger partial charge in [0, 0.05) is 11.9 Å². The van der Waals surface area contributed by atoms with Gasteiger partial charge < -0.3 is 0 Å². The minimum atomic E-state index is 1.08. The largest absolute Gasteiger partial charge is 0.261 e. The quantitative estimate of drug-likeness (QED) is 0.648. The number of nitrogens with zero attached hydrogens (tertiary/aromatic N) is 1. The van der Waals surface area contributed by atoms with Crippen LogP contribution in [-0.2, 0) is 0 Å². The van der Waals surface area contributed by atoms with Gasteiger partial charge in [-0.2, -0.15) is 0 Å². The Balaban J connectivity index is 2.93. The van der Waals surface area contributed by atoms with Crippen molar-refractivity contribution in [2.45, 2.75) is 33.6 Å². The third-order valence-corrected chi connectivity index (χ3v) is 2.37. The summed E-state index contributed by atoms with van der Waals surface area (Å²) < 4.78 is 0. The Morgan fingerprint density at radius 1 is 1.27 bits per heavy atom. The predicted molar refractivity (Wildman–Crippen MR) is 68.1 cm³/mol. The van der Waals surface area contributed by atoms with Gasteiger partial charge in [0.1, 0.15) is 0 Å². The van der Waals surface area contributed by atoms with Gasteiger partial charge in [-0.3, -0.25) is 4.99 Å². The predicted octanol–water partition coefficient (Wildman–Crippen LogP) is 4.20. The van der Waals surface area contributed by atoms with E-state index in [0.29, 0.717) is 0 Å². The van der Waals surface area contributed by atoms with Crippen LogP contribution in [0.2, 0.25) is 0 Å². The average Bonchev–Trinajstić information content (AvgIpc) is 2.21. The van der Waals surface area contributed by atoms with Crippen molar-refractivity contribution in [1.82, 2.24) is 0 Å². The van der Waals surface area contributed by atoms with Crippen molar-refractivity contribution in [3.05, 3.63) is 47.2 Å². The molecule has 0 amide bonds. The van der Waals surface area contributed by atoms with Crippen molar-refractivity contribution in [2.75, 3.05) is 0 Å². The second-order valence-electron chi connectivity index (χ2n) is 3.70. The summed E-state index contributed by atoms with van der Waals surface area (Å²) in [5.74, 6) is 0. The van der Waals surface area contributed by atoms with E-state index in [1.54, 1.807) is 0 Å². The van der Waals surface area contributed by atoms with Crippen molar-refractivity contribution in [2.24, 2.45) is 4.99 Å². The first-order valence-electron chi connectivity index (χ1n) is 5.51. The van der Waals surface area contributed by atoms with E-state index >= 15 is 0 Å². The van der Waals surface area contributed by atoms with Gasteiger partial charge in [-0.15, -0.1) is 0 Å². The van der Waals surface area contributed by atoms with E-state index in [4.69, 9.17) is 0 Å². The van der Waals surface area contributed by atoms with E-state index in [1.807, 2.05) is 18.4 Å². The zero-order valence-electron chi connectivity index (χ0n) is 9.83. The molecular weight excluding hydrogens is 182 g/mol. The number of rotatable bonds is 3. The van der Waals surface area contributed by atoms with Gasteiger partial charge in [0.2, 0.25) is 0 Å². The molecule has 0 atom stereocenters. The van der Waals surface area contributed by atoms with Crippen molar-refractivity contribution in [1.29, 1.82) is 0 Å². The van der Waals surface area contributed by atoms with Gasteiger partial charge in [0.05, 0.1) is 0 Å². The van der Waals surface area contributed by atoms with E-state index in [0.717, 1.165) is 12.1 Å². The molecule has 0 aromatic heterocycles. The molecule has 0 radical (unpaired) electrons. The normalized spacial score (nSPS) is 29.4. The number of aliphatic imine (C=N–C) groups is 1. The van der Waals surface area contributed by atoms with Gasteiger partial charge in [-0.25, -0.2) is 0 Å². The molecule has 0 spiro atoms. The third-order valence-electron chi connectivity index (χ3n) is 2.37. The molecule has 1 heteroatoms.